The average molecular weight is 370 g/mol. The molecule has 1 aliphatic carbocycles. The lowest BCUT2D eigenvalue weighted by molar-refractivity contribution is 0.185. The molecule has 1 saturated carbocycles. The predicted molar refractivity (Wildman–Crippen MR) is 97.4 cm³/mol. The Bertz CT molecular complexity index is 967. The molecule has 27 heavy (non-hydrogen) atoms. The van der Waals surface area contributed by atoms with Gasteiger partial charge in [-0.2, -0.15) is 5.10 Å². The lowest BCUT2D eigenvalue weighted by Crippen LogP contribution is -2.39. The summed E-state index contributed by atoms with van der Waals surface area (Å²) < 4.78 is 15.1. The Morgan fingerprint density at radius 3 is 2.70 bits per heavy atom. The molecule has 3 N–H and O–H groups in total. The van der Waals surface area contributed by atoms with Gasteiger partial charge in [-0.25, -0.2) is 23.8 Å². The van der Waals surface area contributed by atoms with Crippen LogP contribution in [0.1, 0.15) is 25.7 Å². The quantitative estimate of drug-likeness (QED) is 0.652. The van der Waals surface area contributed by atoms with Gasteiger partial charge in [-0.05, 0) is 43.9 Å². The van der Waals surface area contributed by atoms with E-state index in [1.807, 2.05) is 0 Å². The molecule has 0 bridgehead atoms. The highest BCUT2D eigenvalue weighted by Gasteiger charge is 2.23. The third-order valence-corrected chi connectivity index (χ3v) is 4.81. The number of nitrogens with one attached hydrogen (secondary N) is 2. The number of hydrogen-bond acceptors (Lipinski definition) is 5. The van der Waals surface area contributed by atoms with Crippen molar-refractivity contribution < 1.29 is 14.3 Å². The summed E-state index contributed by atoms with van der Waals surface area (Å²) in [6.07, 6.45) is 5.39. The van der Waals surface area contributed by atoms with Gasteiger partial charge in [-0.1, -0.05) is 6.07 Å². The van der Waals surface area contributed by atoms with Crippen molar-refractivity contribution in [1.82, 2.24) is 25.1 Å². The summed E-state index contributed by atoms with van der Waals surface area (Å²) in [6.45, 7) is 0. The van der Waals surface area contributed by atoms with E-state index < -0.39 is 6.09 Å². The number of nitrogens with zero attached hydrogens (tertiary/aromatic N) is 4. The molecule has 1 aliphatic rings. The van der Waals surface area contributed by atoms with E-state index in [1.165, 1.54) is 18.5 Å². The molecular formula is C18H19FN6O2. The molecule has 2 aromatic heterocycles. The molecule has 140 valence electrons. The fourth-order valence-electron chi connectivity index (χ4n) is 3.51. The molecule has 0 spiro atoms. The summed E-state index contributed by atoms with van der Waals surface area (Å²) in [4.78, 5) is 19.4. The van der Waals surface area contributed by atoms with Gasteiger partial charge in [0, 0.05) is 12.1 Å². The van der Waals surface area contributed by atoms with Gasteiger partial charge in [0.15, 0.2) is 5.65 Å². The zero-order valence-electron chi connectivity index (χ0n) is 14.5. The van der Waals surface area contributed by atoms with Crippen LogP contribution < -0.4 is 10.6 Å². The van der Waals surface area contributed by atoms with Crippen LogP contribution in [0, 0.1) is 5.82 Å². The third kappa shape index (κ3) is 3.67. The zero-order chi connectivity index (χ0) is 18.8. The molecule has 1 fully saturated rings. The highest BCUT2D eigenvalue weighted by molar-refractivity contribution is 5.87. The Hall–Kier alpha value is -3.23. The van der Waals surface area contributed by atoms with E-state index in [0.29, 0.717) is 17.2 Å². The minimum atomic E-state index is -0.978. The number of anilines is 1. The summed E-state index contributed by atoms with van der Waals surface area (Å²) >= 11 is 0. The monoisotopic (exact) mass is 370 g/mol. The maximum Gasteiger partial charge on any atom is 0.404 e. The fraction of sp³-hybridized carbons (Fsp3) is 0.333. The van der Waals surface area contributed by atoms with Crippen molar-refractivity contribution >= 4 is 22.9 Å². The summed E-state index contributed by atoms with van der Waals surface area (Å²) in [5, 5.41) is 19.9. The Labute approximate surface area is 154 Å². The van der Waals surface area contributed by atoms with Crippen molar-refractivity contribution in [3.05, 3.63) is 42.6 Å². The molecule has 0 radical (unpaired) electrons. The van der Waals surface area contributed by atoms with Gasteiger partial charge in [0.2, 0.25) is 0 Å². The van der Waals surface area contributed by atoms with Crippen LogP contribution in [0.4, 0.5) is 15.0 Å². The van der Waals surface area contributed by atoms with Crippen molar-refractivity contribution in [2.45, 2.75) is 37.8 Å². The average Bonchev–Trinajstić information content (AvgIpc) is 3.08. The number of aromatic nitrogens is 4. The molecule has 1 amide bonds. The molecule has 0 atom stereocenters. The van der Waals surface area contributed by atoms with Gasteiger partial charge >= 0.3 is 6.09 Å². The first-order chi connectivity index (χ1) is 13.1. The maximum absolute atomic E-state index is 13.5. The number of fused-ring (bicyclic) bond motifs is 1. The number of benzene rings is 1. The van der Waals surface area contributed by atoms with Crippen molar-refractivity contribution in [3.63, 3.8) is 0 Å². The second-order valence-electron chi connectivity index (χ2n) is 6.64. The molecule has 2 heterocycles. The molecule has 9 heteroatoms. The zero-order valence-corrected chi connectivity index (χ0v) is 14.5. The molecule has 4 rings (SSSR count). The van der Waals surface area contributed by atoms with E-state index in [9.17, 15) is 9.18 Å². The lowest BCUT2D eigenvalue weighted by atomic mass is 9.91. The second-order valence-corrected chi connectivity index (χ2v) is 6.64. The van der Waals surface area contributed by atoms with Crippen molar-refractivity contribution in [1.29, 1.82) is 0 Å². The van der Waals surface area contributed by atoms with Gasteiger partial charge < -0.3 is 15.7 Å². The van der Waals surface area contributed by atoms with Gasteiger partial charge in [-0.15, -0.1) is 0 Å². The van der Waals surface area contributed by atoms with Crippen molar-refractivity contribution in [2.75, 3.05) is 5.32 Å². The summed E-state index contributed by atoms with van der Waals surface area (Å²) in [6, 6.07) is 6.38. The Morgan fingerprint density at radius 1 is 1.19 bits per heavy atom. The van der Waals surface area contributed by atoms with Crippen LogP contribution in [0.3, 0.4) is 0 Å². The third-order valence-electron chi connectivity index (χ3n) is 4.81. The standard InChI is InChI=1S/C18H19FN6O2/c19-11-2-1-3-14(8-11)25-17-15(9-22-25)16(20-10-21-17)23-12-4-6-13(7-5-12)24-18(26)27/h1-3,8-10,12-13,24H,4-7H2,(H,26,27)(H,20,21,23). The first kappa shape index (κ1) is 17.2. The first-order valence-electron chi connectivity index (χ1n) is 8.81. The number of carbonyl (C=O) groups is 1. The highest BCUT2D eigenvalue weighted by Crippen LogP contribution is 2.26. The lowest BCUT2D eigenvalue weighted by Gasteiger charge is -2.29. The predicted octanol–water partition coefficient (Wildman–Crippen LogP) is 2.95. The van der Waals surface area contributed by atoms with Crippen LogP contribution in [0.15, 0.2) is 36.8 Å². The fourth-order valence-corrected chi connectivity index (χ4v) is 3.51. The normalized spacial score (nSPS) is 19.7. The van der Waals surface area contributed by atoms with E-state index in [0.717, 1.165) is 31.1 Å². The molecule has 3 aromatic rings. The number of rotatable bonds is 4. The summed E-state index contributed by atoms with van der Waals surface area (Å²) in [5.74, 6) is 0.340. The minimum Gasteiger partial charge on any atom is -0.465 e. The van der Waals surface area contributed by atoms with Crippen LogP contribution in [0.25, 0.3) is 16.7 Å². The number of carboxylic acid groups (broad SMARTS) is 1. The van der Waals surface area contributed by atoms with E-state index in [4.69, 9.17) is 5.11 Å². The second kappa shape index (κ2) is 7.18. The van der Waals surface area contributed by atoms with E-state index in [1.54, 1.807) is 23.0 Å². The molecule has 0 unspecified atom stereocenters. The molecule has 0 saturated heterocycles. The minimum absolute atomic E-state index is 0.00157. The van der Waals surface area contributed by atoms with E-state index in [2.05, 4.69) is 25.7 Å². The van der Waals surface area contributed by atoms with Crippen LogP contribution in [-0.2, 0) is 0 Å². The van der Waals surface area contributed by atoms with Gasteiger partial charge in [0.25, 0.3) is 0 Å². The van der Waals surface area contributed by atoms with Crippen LogP contribution >= 0.6 is 0 Å². The molecule has 0 aliphatic heterocycles. The van der Waals surface area contributed by atoms with Crippen LogP contribution in [0.2, 0.25) is 0 Å². The Balaban J connectivity index is 1.53. The smallest absolute Gasteiger partial charge is 0.404 e. The molecular weight excluding hydrogens is 351 g/mol. The van der Waals surface area contributed by atoms with E-state index >= 15 is 0 Å². The Morgan fingerprint density at radius 2 is 1.96 bits per heavy atom. The SMILES string of the molecule is O=C(O)NC1CCC(Nc2ncnc3c2cnn3-c2cccc(F)c2)CC1. The summed E-state index contributed by atoms with van der Waals surface area (Å²) in [5.41, 5.74) is 1.19. The van der Waals surface area contributed by atoms with E-state index in [-0.39, 0.29) is 17.9 Å². The maximum atomic E-state index is 13.5. The topological polar surface area (TPSA) is 105 Å². The van der Waals surface area contributed by atoms with Crippen LogP contribution in [0.5, 0.6) is 0 Å². The highest BCUT2D eigenvalue weighted by atomic mass is 19.1. The van der Waals surface area contributed by atoms with Gasteiger partial charge in [-0.3, -0.25) is 0 Å². The number of hydrogen-bond donors (Lipinski definition) is 3. The first-order valence-corrected chi connectivity index (χ1v) is 8.81. The molecule has 1 aromatic carbocycles. The van der Waals surface area contributed by atoms with Crippen molar-refractivity contribution in [3.8, 4) is 5.69 Å². The van der Waals surface area contributed by atoms with Gasteiger partial charge in [0.1, 0.15) is 18.0 Å². The summed E-state index contributed by atoms with van der Waals surface area (Å²) in [7, 11) is 0. The van der Waals surface area contributed by atoms with Crippen LogP contribution in [-0.4, -0.2) is 43.0 Å². The van der Waals surface area contributed by atoms with Crippen molar-refractivity contribution in [2.24, 2.45) is 0 Å². The molecule has 8 nitrogen and oxygen atoms in total. The van der Waals surface area contributed by atoms with Gasteiger partial charge in [0.05, 0.1) is 17.3 Å². The number of amides is 1. The Kier molecular flexibility index (Phi) is 4.57. The number of halogens is 1. The largest absolute Gasteiger partial charge is 0.465 e.